The first-order chi connectivity index (χ1) is 10.2. The Kier molecular flexibility index (Phi) is 5.34. The quantitative estimate of drug-likeness (QED) is 0.784. The van der Waals surface area contributed by atoms with Gasteiger partial charge in [0.2, 0.25) is 0 Å². The van der Waals surface area contributed by atoms with E-state index in [1.54, 1.807) is 0 Å². The van der Waals surface area contributed by atoms with E-state index in [9.17, 15) is 0 Å². The smallest absolute Gasteiger partial charge is 0.129 e. The second-order valence-electron chi connectivity index (χ2n) is 5.41. The lowest BCUT2D eigenvalue weighted by molar-refractivity contribution is 0.729. The molecule has 1 aromatic carbocycles. The summed E-state index contributed by atoms with van der Waals surface area (Å²) in [5.41, 5.74) is 3.51. The van der Waals surface area contributed by atoms with Crippen LogP contribution in [0, 0.1) is 0 Å². The van der Waals surface area contributed by atoms with Gasteiger partial charge < -0.3 is 10.2 Å². The Bertz CT molecular complexity index is 619. The lowest BCUT2D eigenvalue weighted by atomic mass is 10.1. The Hall–Kier alpha value is -1.87. The Morgan fingerprint density at radius 1 is 1.29 bits per heavy atom. The standard InChI is InChI=1S/C18H25N3/c1-5-19-12-15-11-18(21(6-2)13-14(3)4)20-17-10-8-7-9-16(15)17/h7-11,19H,3,5-6,12-13H2,1-2,4H3. The minimum absolute atomic E-state index is 0.850. The van der Waals surface area contributed by atoms with Crippen LogP contribution in [0.5, 0.6) is 0 Å². The molecule has 21 heavy (non-hydrogen) atoms. The minimum Gasteiger partial charge on any atom is -0.353 e. The molecule has 0 radical (unpaired) electrons. The summed E-state index contributed by atoms with van der Waals surface area (Å²) in [7, 11) is 0. The number of nitrogens with zero attached hydrogens (tertiary/aromatic N) is 2. The second-order valence-corrected chi connectivity index (χ2v) is 5.41. The number of hydrogen-bond donors (Lipinski definition) is 1. The van der Waals surface area contributed by atoms with Crippen LogP contribution in [0.1, 0.15) is 26.3 Å². The third-order valence-corrected chi connectivity index (χ3v) is 3.52. The van der Waals surface area contributed by atoms with E-state index in [1.807, 2.05) is 6.07 Å². The summed E-state index contributed by atoms with van der Waals surface area (Å²) >= 11 is 0. The van der Waals surface area contributed by atoms with Crippen molar-refractivity contribution in [2.24, 2.45) is 0 Å². The topological polar surface area (TPSA) is 28.2 Å². The highest BCUT2D eigenvalue weighted by Gasteiger charge is 2.10. The van der Waals surface area contributed by atoms with Gasteiger partial charge in [0.25, 0.3) is 0 Å². The fourth-order valence-electron chi connectivity index (χ4n) is 2.48. The summed E-state index contributed by atoms with van der Waals surface area (Å²) < 4.78 is 0. The van der Waals surface area contributed by atoms with Crippen molar-refractivity contribution in [2.45, 2.75) is 27.3 Å². The van der Waals surface area contributed by atoms with Crippen LogP contribution < -0.4 is 10.2 Å². The normalized spacial score (nSPS) is 10.8. The molecule has 0 unspecified atom stereocenters. The van der Waals surface area contributed by atoms with Crippen molar-refractivity contribution >= 4 is 16.7 Å². The number of nitrogens with one attached hydrogen (secondary N) is 1. The van der Waals surface area contributed by atoms with Gasteiger partial charge in [-0.2, -0.15) is 0 Å². The molecular formula is C18H25N3. The first kappa shape index (κ1) is 15.5. The van der Waals surface area contributed by atoms with E-state index in [0.717, 1.165) is 43.1 Å². The Labute approximate surface area is 127 Å². The Balaban J connectivity index is 2.46. The molecule has 0 saturated carbocycles. The molecule has 2 rings (SSSR count). The van der Waals surface area contributed by atoms with Crippen LogP contribution >= 0.6 is 0 Å². The SMILES string of the molecule is C=C(C)CN(CC)c1cc(CNCC)c2ccccc2n1. The van der Waals surface area contributed by atoms with Gasteiger partial charge in [-0.25, -0.2) is 4.98 Å². The number of anilines is 1. The number of pyridine rings is 1. The summed E-state index contributed by atoms with van der Waals surface area (Å²) in [6.45, 7) is 14.0. The molecule has 0 fully saturated rings. The lowest BCUT2D eigenvalue weighted by Gasteiger charge is -2.23. The fraction of sp³-hybridized carbons (Fsp3) is 0.389. The molecule has 1 heterocycles. The second kappa shape index (κ2) is 7.23. The van der Waals surface area contributed by atoms with E-state index in [4.69, 9.17) is 4.98 Å². The summed E-state index contributed by atoms with van der Waals surface area (Å²) in [5.74, 6) is 1.03. The third-order valence-electron chi connectivity index (χ3n) is 3.52. The Morgan fingerprint density at radius 2 is 2.05 bits per heavy atom. The molecule has 3 nitrogen and oxygen atoms in total. The van der Waals surface area contributed by atoms with Crippen LogP contribution in [-0.4, -0.2) is 24.6 Å². The summed E-state index contributed by atoms with van der Waals surface area (Å²) in [6, 6.07) is 10.6. The third kappa shape index (κ3) is 3.82. The molecule has 0 aliphatic heterocycles. The molecule has 1 aromatic heterocycles. The number of fused-ring (bicyclic) bond motifs is 1. The van der Waals surface area contributed by atoms with Gasteiger partial charge in [-0.3, -0.25) is 0 Å². The molecule has 0 bridgehead atoms. The van der Waals surface area contributed by atoms with Crippen molar-refractivity contribution in [3.63, 3.8) is 0 Å². The van der Waals surface area contributed by atoms with Crippen LogP contribution in [-0.2, 0) is 6.54 Å². The molecular weight excluding hydrogens is 258 g/mol. The minimum atomic E-state index is 0.850. The number of benzene rings is 1. The van der Waals surface area contributed by atoms with Crippen LogP contribution in [0.4, 0.5) is 5.82 Å². The number of para-hydroxylation sites is 1. The Morgan fingerprint density at radius 3 is 2.71 bits per heavy atom. The highest BCUT2D eigenvalue weighted by Crippen LogP contribution is 2.23. The van der Waals surface area contributed by atoms with E-state index in [-0.39, 0.29) is 0 Å². The van der Waals surface area contributed by atoms with Gasteiger partial charge in [-0.15, -0.1) is 0 Å². The van der Waals surface area contributed by atoms with Gasteiger partial charge >= 0.3 is 0 Å². The van der Waals surface area contributed by atoms with Gasteiger partial charge in [0, 0.05) is 25.0 Å². The summed E-state index contributed by atoms with van der Waals surface area (Å²) in [4.78, 5) is 7.09. The van der Waals surface area contributed by atoms with E-state index in [1.165, 1.54) is 10.9 Å². The van der Waals surface area contributed by atoms with Crippen LogP contribution in [0.25, 0.3) is 10.9 Å². The lowest BCUT2D eigenvalue weighted by Crippen LogP contribution is -2.26. The monoisotopic (exact) mass is 283 g/mol. The van der Waals surface area contributed by atoms with Gasteiger partial charge in [0.15, 0.2) is 0 Å². The van der Waals surface area contributed by atoms with E-state index >= 15 is 0 Å². The number of hydrogen-bond acceptors (Lipinski definition) is 3. The van der Waals surface area contributed by atoms with E-state index < -0.39 is 0 Å². The average Bonchev–Trinajstić information content (AvgIpc) is 2.49. The van der Waals surface area contributed by atoms with Crippen LogP contribution in [0.3, 0.4) is 0 Å². The maximum Gasteiger partial charge on any atom is 0.129 e. The summed E-state index contributed by atoms with van der Waals surface area (Å²) in [6.07, 6.45) is 0. The first-order valence-electron chi connectivity index (χ1n) is 7.64. The van der Waals surface area contributed by atoms with E-state index in [0.29, 0.717) is 0 Å². The highest BCUT2D eigenvalue weighted by molar-refractivity contribution is 5.84. The predicted octanol–water partition coefficient (Wildman–Crippen LogP) is 3.75. The van der Waals surface area contributed by atoms with Crippen molar-refractivity contribution in [3.8, 4) is 0 Å². The maximum atomic E-state index is 4.83. The number of aromatic nitrogens is 1. The molecule has 0 aliphatic carbocycles. The molecule has 0 aliphatic rings. The zero-order valence-corrected chi connectivity index (χ0v) is 13.3. The molecule has 0 saturated heterocycles. The molecule has 0 spiro atoms. The maximum absolute atomic E-state index is 4.83. The van der Waals surface area contributed by atoms with Gasteiger partial charge in [-0.1, -0.05) is 37.3 Å². The fourth-order valence-corrected chi connectivity index (χ4v) is 2.48. The highest BCUT2D eigenvalue weighted by atomic mass is 15.2. The number of rotatable bonds is 7. The van der Waals surface area contributed by atoms with Gasteiger partial charge in [0.05, 0.1) is 5.52 Å². The van der Waals surface area contributed by atoms with Crippen molar-refractivity contribution in [2.75, 3.05) is 24.5 Å². The zero-order chi connectivity index (χ0) is 15.2. The van der Waals surface area contributed by atoms with Crippen LogP contribution in [0.2, 0.25) is 0 Å². The molecule has 112 valence electrons. The zero-order valence-electron chi connectivity index (χ0n) is 13.3. The van der Waals surface area contributed by atoms with Crippen molar-refractivity contribution < 1.29 is 0 Å². The molecule has 1 N–H and O–H groups in total. The van der Waals surface area contributed by atoms with Crippen molar-refractivity contribution in [3.05, 3.63) is 48.0 Å². The summed E-state index contributed by atoms with van der Waals surface area (Å²) in [5, 5.41) is 4.65. The molecule has 0 amide bonds. The van der Waals surface area contributed by atoms with Crippen LogP contribution in [0.15, 0.2) is 42.5 Å². The number of likely N-dealkylation sites (N-methyl/N-ethyl adjacent to an activating group) is 1. The average molecular weight is 283 g/mol. The molecule has 3 heteroatoms. The van der Waals surface area contributed by atoms with Crippen molar-refractivity contribution in [1.82, 2.24) is 10.3 Å². The predicted molar refractivity (Wildman–Crippen MR) is 91.8 cm³/mol. The van der Waals surface area contributed by atoms with Gasteiger partial charge in [-0.05, 0) is 38.1 Å². The largest absolute Gasteiger partial charge is 0.353 e. The first-order valence-corrected chi connectivity index (χ1v) is 7.64. The van der Waals surface area contributed by atoms with Crippen molar-refractivity contribution in [1.29, 1.82) is 0 Å². The molecule has 2 aromatic rings. The molecule has 0 atom stereocenters. The van der Waals surface area contributed by atoms with E-state index in [2.05, 4.69) is 61.8 Å². The van der Waals surface area contributed by atoms with Gasteiger partial charge in [0.1, 0.15) is 5.82 Å².